The smallest absolute Gasteiger partial charge is 0.295 e. The number of piperidine rings is 1. The Bertz CT molecular complexity index is 1060. The second-order valence-electron chi connectivity index (χ2n) is 12.6. The van der Waals surface area contributed by atoms with Gasteiger partial charge in [-0.1, -0.05) is 33.8 Å². The van der Waals surface area contributed by atoms with Gasteiger partial charge in [-0.3, -0.25) is 9.59 Å². The van der Waals surface area contributed by atoms with Crippen LogP contribution in [0.1, 0.15) is 65.4 Å². The topological polar surface area (TPSA) is 176 Å². The Labute approximate surface area is 267 Å². The van der Waals surface area contributed by atoms with Crippen LogP contribution < -0.4 is 20.5 Å². The Kier molecular flexibility index (Phi) is 16.4. The van der Waals surface area contributed by atoms with Crippen molar-refractivity contribution in [1.82, 2.24) is 10.2 Å². The number of rotatable bonds is 20. The van der Waals surface area contributed by atoms with Gasteiger partial charge in [-0.05, 0) is 67.6 Å². The number of carbonyl (C=O) groups excluding carboxylic acids is 2. The van der Waals surface area contributed by atoms with Crippen molar-refractivity contribution in [2.45, 2.75) is 84.4 Å². The molecular formula is C32H54N4O9. The number of hydrogen-bond donors (Lipinski definition) is 3. The predicted octanol–water partition coefficient (Wildman–Crippen LogP) is 2.98. The first-order chi connectivity index (χ1) is 21.4. The predicted molar refractivity (Wildman–Crippen MR) is 169 cm³/mol. The lowest BCUT2D eigenvalue weighted by molar-refractivity contribution is -0.754. The standard InChI is InChI=1S/C32H54N4O9/c1-21(2)24(16-23-8-9-29(43-6)30(17-23)44-15-7-14-42-5)18-27(33)28(37)19-26(22(3)4)32(39)34-25-10-12-35(13-11-25)31(38)20-45-36(40)41/h8-9,17,21-22,24-28,37H,7,10-16,18-20,33H2,1-6H3,(H,34,39)/t24-,26-,27-,28-/m0/s1. The number of nitrogens with one attached hydrogen (secondary N) is 1. The number of aliphatic hydroxyl groups excluding tert-OH is 1. The van der Waals surface area contributed by atoms with Crippen molar-refractivity contribution in [3.05, 3.63) is 33.9 Å². The number of nitrogens with two attached hydrogens (primary N) is 1. The monoisotopic (exact) mass is 638 g/mol. The highest BCUT2D eigenvalue weighted by Gasteiger charge is 2.32. The number of nitrogens with zero attached hydrogens (tertiary/aromatic N) is 2. The highest BCUT2D eigenvalue weighted by molar-refractivity contribution is 5.79. The van der Waals surface area contributed by atoms with Crippen LogP contribution in [0.3, 0.4) is 0 Å². The molecule has 1 aromatic carbocycles. The number of amides is 2. The summed E-state index contributed by atoms with van der Waals surface area (Å²) in [6.45, 7) is 9.46. The summed E-state index contributed by atoms with van der Waals surface area (Å²) in [5.41, 5.74) is 7.66. The van der Waals surface area contributed by atoms with Gasteiger partial charge in [-0.2, -0.15) is 0 Å². The van der Waals surface area contributed by atoms with E-state index < -0.39 is 35.7 Å². The zero-order valence-electron chi connectivity index (χ0n) is 27.7. The summed E-state index contributed by atoms with van der Waals surface area (Å²) in [5, 5.41) is 23.6. The fourth-order valence-electron chi connectivity index (χ4n) is 5.64. The highest BCUT2D eigenvalue weighted by Crippen LogP contribution is 2.32. The Hall–Kier alpha value is -3.16. The molecule has 1 aliphatic rings. The molecule has 4 atom stereocenters. The van der Waals surface area contributed by atoms with E-state index in [4.69, 9.17) is 19.9 Å². The third-order valence-corrected chi connectivity index (χ3v) is 8.61. The van der Waals surface area contributed by atoms with Crippen LogP contribution in [0, 0.1) is 33.8 Å². The maximum absolute atomic E-state index is 13.3. The summed E-state index contributed by atoms with van der Waals surface area (Å²) in [7, 11) is 3.28. The molecule has 0 aliphatic carbocycles. The molecule has 45 heavy (non-hydrogen) atoms. The molecule has 13 nitrogen and oxygen atoms in total. The molecule has 0 spiro atoms. The van der Waals surface area contributed by atoms with Crippen molar-refractivity contribution < 1.29 is 38.8 Å². The van der Waals surface area contributed by atoms with Gasteiger partial charge in [0, 0.05) is 51.2 Å². The van der Waals surface area contributed by atoms with E-state index >= 15 is 0 Å². The molecule has 0 bridgehead atoms. The van der Waals surface area contributed by atoms with Crippen molar-refractivity contribution in [3.63, 3.8) is 0 Å². The van der Waals surface area contributed by atoms with Crippen molar-refractivity contribution >= 4 is 11.8 Å². The second kappa shape index (κ2) is 19.4. The molecule has 2 rings (SSSR count). The Balaban J connectivity index is 1.95. The van der Waals surface area contributed by atoms with Crippen LogP contribution in [-0.4, -0.2) is 92.2 Å². The summed E-state index contributed by atoms with van der Waals surface area (Å²) in [6.07, 6.45) is 2.56. The number of hydrogen-bond acceptors (Lipinski definition) is 10. The summed E-state index contributed by atoms with van der Waals surface area (Å²) < 4.78 is 16.5. The van der Waals surface area contributed by atoms with Gasteiger partial charge < -0.3 is 40.1 Å². The SMILES string of the molecule is COCCCOc1cc(C[C@@H](C[C@H](N)[C@@H](O)C[C@H](C(=O)NC2CCN(C(=O)CO[N+](=O)[O-])CC2)C(C)C)C(C)C)ccc1OC. The summed E-state index contributed by atoms with van der Waals surface area (Å²) in [5.74, 6) is 0.810. The fourth-order valence-corrected chi connectivity index (χ4v) is 5.64. The lowest BCUT2D eigenvalue weighted by atomic mass is 9.80. The third-order valence-electron chi connectivity index (χ3n) is 8.61. The number of methoxy groups -OCH3 is 2. The maximum Gasteiger partial charge on any atom is 0.295 e. The van der Waals surface area contributed by atoms with Gasteiger partial charge in [0.1, 0.15) is 0 Å². The van der Waals surface area contributed by atoms with Gasteiger partial charge in [-0.15, -0.1) is 10.1 Å². The minimum atomic E-state index is -0.987. The first-order valence-corrected chi connectivity index (χ1v) is 15.9. The molecule has 1 fully saturated rings. The Morgan fingerprint density at radius 3 is 2.36 bits per heavy atom. The zero-order chi connectivity index (χ0) is 33.5. The molecule has 1 aromatic rings. The Morgan fingerprint density at radius 2 is 1.78 bits per heavy atom. The molecule has 0 unspecified atom stereocenters. The lowest BCUT2D eigenvalue weighted by Crippen LogP contribution is -2.50. The molecule has 2 amide bonds. The molecule has 1 aliphatic heterocycles. The summed E-state index contributed by atoms with van der Waals surface area (Å²) in [6, 6.07) is 5.30. The highest BCUT2D eigenvalue weighted by atomic mass is 16.9. The summed E-state index contributed by atoms with van der Waals surface area (Å²) in [4.78, 5) is 41.4. The van der Waals surface area contributed by atoms with Crippen molar-refractivity contribution in [3.8, 4) is 11.5 Å². The maximum atomic E-state index is 13.3. The largest absolute Gasteiger partial charge is 0.493 e. The first-order valence-electron chi connectivity index (χ1n) is 15.9. The van der Waals surface area contributed by atoms with E-state index in [1.807, 2.05) is 32.0 Å². The molecule has 0 aromatic heterocycles. The van der Waals surface area contributed by atoms with E-state index in [1.165, 1.54) is 4.90 Å². The average Bonchev–Trinajstić information content (AvgIpc) is 3.00. The van der Waals surface area contributed by atoms with Crippen LogP contribution in [0.25, 0.3) is 0 Å². The molecule has 13 heteroatoms. The number of likely N-dealkylation sites (tertiary alicyclic amines) is 1. The van der Waals surface area contributed by atoms with Crippen LogP contribution in [0.5, 0.6) is 11.5 Å². The normalized spacial score (nSPS) is 16.6. The number of carbonyl (C=O) groups is 2. The molecule has 0 saturated carbocycles. The number of benzene rings is 1. The van der Waals surface area contributed by atoms with Gasteiger partial charge in [0.05, 0.1) is 19.8 Å². The lowest BCUT2D eigenvalue weighted by Gasteiger charge is -2.34. The molecule has 256 valence electrons. The van der Waals surface area contributed by atoms with E-state index in [-0.39, 0.29) is 30.2 Å². The average molecular weight is 639 g/mol. The van der Waals surface area contributed by atoms with E-state index in [9.17, 15) is 24.8 Å². The molecule has 4 N–H and O–H groups in total. The molecule has 1 heterocycles. The van der Waals surface area contributed by atoms with Gasteiger partial charge in [0.25, 0.3) is 5.09 Å². The Morgan fingerprint density at radius 1 is 1.09 bits per heavy atom. The van der Waals surface area contributed by atoms with Crippen molar-refractivity contribution in [1.29, 1.82) is 0 Å². The van der Waals surface area contributed by atoms with Gasteiger partial charge in [0.2, 0.25) is 11.8 Å². The first kappa shape index (κ1) is 38.0. The van der Waals surface area contributed by atoms with Crippen LogP contribution in [0.15, 0.2) is 18.2 Å². The quantitative estimate of drug-likeness (QED) is 0.109. The molecule has 1 saturated heterocycles. The summed E-state index contributed by atoms with van der Waals surface area (Å²) >= 11 is 0. The molecular weight excluding hydrogens is 584 g/mol. The van der Waals surface area contributed by atoms with Crippen LogP contribution in [-0.2, 0) is 25.6 Å². The van der Waals surface area contributed by atoms with Crippen LogP contribution >= 0.6 is 0 Å². The van der Waals surface area contributed by atoms with E-state index in [1.54, 1.807) is 14.2 Å². The number of ether oxygens (including phenoxy) is 3. The van der Waals surface area contributed by atoms with E-state index in [2.05, 4.69) is 24.0 Å². The van der Waals surface area contributed by atoms with Gasteiger partial charge in [0.15, 0.2) is 18.1 Å². The third kappa shape index (κ3) is 13.0. The molecule has 0 radical (unpaired) electrons. The number of aliphatic hydroxyl groups is 1. The van der Waals surface area contributed by atoms with Crippen molar-refractivity contribution in [2.75, 3.05) is 47.1 Å². The van der Waals surface area contributed by atoms with Crippen molar-refractivity contribution in [2.24, 2.45) is 29.4 Å². The van der Waals surface area contributed by atoms with E-state index in [0.717, 1.165) is 18.4 Å². The van der Waals surface area contributed by atoms with E-state index in [0.29, 0.717) is 63.0 Å². The van der Waals surface area contributed by atoms with Crippen LogP contribution in [0.4, 0.5) is 0 Å². The van der Waals surface area contributed by atoms with Gasteiger partial charge >= 0.3 is 0 Å². The minimum Gasteiger partial charge on any atom is -0.493 e. The second-order valence-corrected chi connectivity index (χ2v) is 12.6. The van der Waals surface area contributed by atoms with Gasteiger partial charge in [-0.25, -0.2) is 0 Å². The van der Waals surface area contributed by atoms with Crippen LogP contribution in [0.2, 0.25) is 0 Å². The fraction of sp³-hybridized carbons (Fsp3) is 0.750. The minimum absolute atomic E-state index is 0.0182. The zero-order valence-corrected chi connectivity index (χ0v) is 27.7.